The molecule has 1 N–H and O–H groups in total. The first-order chi connectivity index (χ1) is 9.75. The summed E-state index contributed by atoms with van der Waals surface area (Å²) < 4.78 is 54.2. The van der Waals surface area contributed by atoms with Crippen LogP contribution in [0.15, 0.2) is 17.0 Å². The topological polar surface area (TPSA) is 49.4 Å². The van der Waals surface area contributed by atoms with Gasteiger partial charge in [-0.3, -0.25) is 0 Å². The van der Waals surface area contributed by atoms with E-state index in [9.17, 15) is 17.2 Å². The molecule has 0 aliphatic heterocycles. The first-order valence-electron chi connectivity index (χ1n) is 6.87. The molecule has 0 fully saturated rings. The van der Waals surface area contributed by atoms with Crippen molar-refractivity contribution in [3.05, 3.63) is 29.3 Å². The molecule has 0 bridgehead atoms. The predicted molar refractivity (Wildman–Crippen MR) is 78.4 cm³/mol. The van der Waals surface area contributed by atoms with Gasteiger partial charge in [-0.2, -0.15) is 4.31 Å². The molecular formula is C14H22F2N2O2S. The van der Waals surface area contributed by atoms with Gasteiger partial charge in [0.25, 0.3) is 0 Å². The van der Waals surface area contributed by atoms with Crippen LogP contribution in [0.1, 0.15) is 26.3 Å². The monoisotopic (exact) mass is 320 g/mol. The lowest BCUT2D eigenvalue weighted by Gasteiger charge is -2.23. The lowest BCUT2D eigenvalue weighted by Crippen LogP contribution is -2.34. The van der Waals surface area contributed by atoms with Crippen LogP contribution in [0.4, 0.5) is 8.78 Å². The molecule has 0 unspecified atom stereocenters. The van der Waals surface area contributed by atoms with E-state index >= 15 is 0 Å². The Morgan fingerprint density at radius 1 is 1.29 bits per heavy atom. The Kier molecular flexibility index (Phi) is 6.24. The van der Waals surface area contributed by atoms with Crippen molar-refractivity contribution in [1.29, 1.82) is 0 Å². The molecule has 0 radical (unpaired) electrons. The summed E-state index contributed by atoms with van der Waals surface area (Å²) in [6, 6.07) is 1.98. The van der Waals surface area contributed by atoms with Crippen LogP contribution < -0.4 is 5.32 Å². The minimum atomic E-state index is -3.97. The van der Waals surface area contributed by atoms with E-state index in [0.29, 0.717) is 0 Å². The van der Waals surface area contributed by atoms with Gasteiger partial charge >= 0.3 is 0 Å². The highest BCUT2D eigenvalue weighted by Gasteiger charge is 2.29. The van der Waals surface area contributed by atoms with E-state index in [-0.39, 0.29) is 31.1 Å². The van der Waals surface area contributed by atoms with Gasteiger partial charge in [0, 0.05) is 25.2 Å². The lowest BCUT2D eigenvalue weighted by atomic mass is 10.2. The van der Waals surface area contributed by atoms with Gasteiger partial charge in [-0.1, -0.05) is 20.8 Å². The van der Waals surface area contributed by atoms with E-state index in [1.807, 2.05) is 13.8 Å². The quantitative estimate of drug-likeness (QED) is 0.839. The molecule has 1 aromatic carbocycles. The van der Waals surface area contributed by atoms with Crippen LogP contribution in [0.25, 0.3) is 0 Å². The number of hydrogen-bond acceptors (Lipinski definition) is 3. The van der Waals surface area contributed by atoms with Crippen LogP contribution in [0.3, 0.4) is 0 Å². The summed E-state index contributed by atoms with van der Waals surface area (Å²) in [6.07, 6.45) is 0. The van der Waals surface area contributed by atoms with Crippen molar-refractivity contribution in [2.24, 2.45) is 5.92 Å². The van der Waals surface area contributed by atoms with Gasteiger partial charge in [0.2, 0.25) is 10.0 Å². The number of rotatable bonds is 7. The molecule has 1 rings (SSSR count). The van der Waals surface area contributed by atoms with Gasteiger partial charge in [-0.05, 0) is 25.1 Å². The van der Waals surface area contributed by atoms with Crippen molar-refractivity contribution in [3.63, 3.8) is 0 Å². The molecule has 0 spiro atoms. The van der Waals surface area contributed by atoms with Crippen molar-refractivity contribution in [2.75, 3.05) is 20.1 Å². The Morgan fingerprint density at radius 3 is 2.38 bits per heavy atom. The van der Waals surface area contributed by atoms with Crippen LogP contribution in [-0.2, 0) is 16.6 Å². The highest BCUT2D eigenvalue weighted by molar-refractivity contribution is 7.89. The molecule has 21 heavy (non-hydrogen) atoms. The van der Waals surface area contributed by atoms with E-state index in [2.05, 4.69) is 5.32 Å². The van der Waals surface area contributed by atoms with Gasteiger partial charge in [0.05, 0.1) is 0 Å². The predicted octanol–water partition coefficient (Wildman–Crippen LogP) is 2.35. The zero-order valence-electron chi connectivity index (χ0n) is 12.8. The lowest BCUT2D eigenvalue weighted by molar-refractivity contribution is 0.378. The molecule has 120 valence electrons. The van der Waals surface area contributed by atoms with Crippen LogP contribution in [-0.4, -0.2) is 32.9 Å². The molecule has 7 heteroatoms. The van der Waals surface area contributed by atoms with Crippen LogP contribution in [0.2, 0.25) is 0 Å². The van der Waals surface area contributed by atoms with Crippen molar-refractivity contribution in [1.82, 2.24) is 9.62 Å². The standard InChI is InChI=1S/C14H22F2N2O2S/c1-5-18(9-10(2)3)21(19,20)13-7-6-12(15)11(8-17-4)14(13)16/h6-7,10,17H,5,8-9H2,1-4H3. The third-order valence-electron chi connectivity index (χ3n) is 3.04. The maximum Gasteiger partial charge on any atom is 0.245 e. The highest BCUT2D eigenvalue weighted by atomic mass is 32.2. The average molecular weight is 320 g/mol. The smallest absolute Gasteiger partial charge is 0.245 e. The minimum absolute atomic E-state index is 0.0721. The Balaban J connectivity index is 3.34. The summed E-state index contributed by atoms with van der Waals surface area (Å²) in [5.41, 5.74) is -0.265. The van der Waals surface area contributed by atoms with E-state index in [1.54, 1.807) is 6.92 Å². The van der Waals surface area contributed by atoms with Gasteiger partial charge in [-0.15, -0.1) is 0 Å². The van der Waals surface area contributed by atoms with Crippen LogP contribution in [0.5, 0.6) is 0 Å². The molecule has 0 saturated carbocycles. The van der Waals surface area contributed by atoms with Crippen molar-refractivity contribution in [2.45, 2.75) is 32.2 Å². The fraction of sp³-hybridized carbons (Fsp3) is 0.571. The van der Waals surface area contributed by atoms with Crippen molar-refractivity contribution in [3.8, 4) is 0 Å². The largest absolute Gasteiger partial charge is 0.315 e. The third-order valence-corrected chi connectivity index (χ3v) is 5.00. The van der Waals surface area contributed by atoms with Gasteiger partial charge < -0.3 is 5.32 Å². The van der Waals surface area contributed by atoms with Gasteiger partial charge in [-0.25, -0.2) is 17.2 Å². The average Bonchev–Trinajstić information content (AvgIpc) is 2.40. The maximum absolute atomic E-state index is 14.4. The summed E-state index contributed by atoms with van der Waals surface area (Å²) in [6.45, 7) is 5.90. The summed E-state index contributed by atoms with van der Waals surface area (Å²) in [7, 11) is -2.43. The molecule has 0 heterocycles. The molecule has 0 amide bonds. The number of nitrogens with one attached hydrogen (secondary N) is 1. The van der Waals surface area contributed by atoms with E-state index in [0.717, 1.165) is 12.1 Å². The van der Waals surface area contributed by atoms with E-state index < -0.39 is 26.6 Å². The van der Waals surface area contributed by atoms with Crippen molar-refractivity contribution < 1.29 is 17.2 Å². The zero-order valence-corrected chi connectivity index (χ0v) is 13.6. The second-order valence-electron chi connectivity index (χ2n) is 5.22. The van der Waals surface area contributed by atoms with Crippen LogP contribution >= 0.6 is 0 Å². The molecule has 0 aliphatic rings. The molecule has 0 saturated heterocycles. The van der Waals surface area contributed by atoms with Gasteiger partial charge in [0.1, 0.15) is 10.7 Å². The number of hydrogen-bond donors (Lipinski definition) is 1. The Hall–Kier alpha value is -1.05. The Bertz CT molecular complexity index is 589. The maximum atomic E-state index is 14.4. The SMILES string of the molecule is CCN(CC(C)C)S(=O)(=O)c1ccc(F)c(CNC)c1F. The van der Waals surface area contributed by atoms with Crippen LogP contribution in [0, 0.1) is 17.6 Å². The summed E-state index contributed by atoms with van der Waals surface area (Å²) in [5.74, 6) is -1.67. The second kappa shape index (κ2) is 7.29. The fourth-order valence-electron chi connectivity index (χ4n) is 2.06. The summed E-state index contributed by atoms with van der Waals surface area (Å²) in [4.78, 5) is -0.475. The molecule has 0 atom stereocenters. The number of nitrogens with zero attached hydrogens (tertiary/aromatic N) is 1. The summed E-state index contributed by atoms with van der Waals surface area (Å²) in [5, 5.41) is 2.63. The number of halogens is 2. The fourth-order valence-corrected chi connectivity index (χ4v) is 3.76. The van der Waals surface area contributed by atoms with Gasteiger partial charge in [0.15, 0.2) is 5.82 Å². The van der Waals surface area contributed by atoms with E-state index in [4.69, 9.17) is 0 Å². The normalized spacial score (nSPS) is 12.4. The molecular weight excluding hydrogens is 298 g/mol. The third kappa shape index (κ3) is 3.99. The minimum Gasteiger partial charge on any atom is -0.315 e. The Labute approximate surface area is 125 Å². The van der Waals surface area contributed by atoms with E-state index in [1.165, 1.54) is 11.4 Å². The molecule has 1 aromatic rings. The number of sulfonamides is 1. The first kappa shape index (κ1) is 18.0. The molecule has 0 aromatic heterocycles. The molecule has 4 nitrogen and oxygen atoms in total. The number of benzene rings is 1. The Morgan fingerprint density at radius 2 is 1.90 bits per heavy atom. The molecule has 0 aliphatic carbocycles. The zero-order chi connectivity index (χ0) is 16.2. The first-order valence-corrected chi connectivity index (χ1v) is 8.31. The summed E-state index contributed by atoms with van der Waals surface area (Å²) >= 11 is 0. The highest BCUT2D eigenvalue weighted by Crippen LogP contribution is 2.24. The van der Waals surface area contributed by atoms with Crippen molar-refractivity contribution >= 4 is 10.0 Å². The second-order valence-corrected chi connectivity index (χ2v) is 7.12.